The topological polar surface area (TPSA) is 108 Å². The van der Waals surface area contributed by atoms with Crippen LogP contribution in [0.5, 0.6) is 11.6 Å². The number of aromatic nitrogens is 1. The molecule has 3 N–H and O–H groups in total. The fraction of sp³-hybridized carbons (Fsp3) is 0.357. The highest BCUT2D eigenvalue weighted by atomic mass is 35.5. The van der Waals surface area contributed by atoms with E-state index in [0.29, 0.717) is 22.4 Å². The van der Waals surface area contributed by atoms with Crippen LogP contribution in [-0.4, -0.2) is 54.5 Å². The van der Waals surface area contributed by atoms with Crippen molar-refractivity contribution in [2.75, 3.05) is 26.8 Å². The highest BCUT2D eigenvalue weighted by Gasteiger charge is 2.53. The van der Waals surface area contributed by atoms with Crippen LogP contribution in [0.25, 0.3) is 0 Å². The SMILES string of the molecule is COc1nc(Cl)cc2c1C[C@](c1ccc(C#N)cc1)([C@H](c1ccccc1)[C@@H](CNCC(F)F)[C@@H](O)CO)O2. The first-order chi connectivity index (χ1) is 18.3. The van der Waals surface area contributed by atoms with Gasteiger partial charge in [-0.3, -0.25) is 0 Å². The van der Waals surface area contributed by atoms with Crippen molar-refractivity contribution in [2.45, 2.75) is 30.5 Å². The normalized spacial score (nSPS) is 18.8. The first kappa shape index (κ1) is 27.7. The van der Waals surface area contributed by atoms with Crippen molar-refractivity contribution >= 4 is 11.6 Å². The van der Waals surface area contributed by atoms with Gasteiger partial charge in [0.15, 0.2) is 0 Å². The Kier molecular flexibility index (Phi) is 8.80. The second kappa shape index (κ2) is 12.0. The Bertz CT molecular complexity index is 1270. The van der Waals surface area contributed by atoms with Gasteiger partial charge in [-0.2, -0.15) is 5.26 Å². The van der Waals surface area contributed by atoms with Gasteiger partial charge in [0.05, 0.1) is 43.6 Å². The van der Waals surface area contributed by atoms with Crippen LogP contribution in [0.4, 0.5) is 8.78 Å². The van der Waals surface area contributed by atoms with Gasteiger partial charge in [0.1, 0.15) is 16.5 Å². The number of benzene rings is 2. The van der Waals surface area contributed by atoms with E-state index in [0.717, 1.165) is 5.56 Å². The van der Waals surface area contributed by atoms with E-state index in [1.807, 2.05) is 30.3 Å². The van der Waals surface area contributed by atoms with Crippen molar-refractivity contribution in [2.24, 2.45) is 5.92 Å². The summed E-state index contributed by atoms with van der Waals surface area (Å²) in [6, 6.07) is 19.8. The molecule has 10 heteroatoms. The predicted molar refractivity (Wildman–Crippen MR) is 138 cm³/mol. The third kappa shape index (κ3) is 5.59. The average Bonchev–Trinajstić information content (AvgIpc) is 3.31. The fourth-order valence-electron chi connectivity index (χ4n) is 5.25. The van der Waals surface area contributed by atoms with Crippen LogP contribution in [0.3, 0.4) is 0 Å². The minimum absolute atomic E-state index is 0.0283. The van der Waals surface area contributed by atoms with Crippen LogP contribution in [0, 0.1) is 17.2 Å². The molecule has 0 saturated carbocycles. The molecule has 0 unspecified atom stereocenters. The van der Waals surface area contributed by atoms with Gasteiger partial charge < -0.3 is 25.0 Å². The lowest BCUT2D eigenvalue weighted by molar-refractivity contribution is -0.0256. The Balaban J connectivity index is 1.94. The molecule has 0 spiro atoms. The number of nitrogens with zero attached hydrogens (tertiary/aromatic N) is 2. The highest BCUT2D eigenvalue weighted by molar-refractivity contribution is 6.29. The third-order valence-electron chi connectivity index (χ3n) is 6.89. The second-order valence-electron chi connectivity index (χ2n) is 9.14. The number of pyridine rings is 1. The van der Waals surface area contributed by atoms with E-state index >= 15 is 0 Å². The first-order valence-electron chi connectivity index (χ1n) is 12.1. The summed E-state index contributed by atoms with van der Waals surface area (Å²) in [6.45, 7) is -1.19. The summed E-state index contributed by atoms with van der Waals surface area (Å²) in [5.41, 5.74) is 1.34. The molecular weight excluding hydrogens is 516 g/mol. The van der Waals surface area contributed by atoms with Gasteiger partial charge in [0.2, 0.25) is 5.88 Å². The van der Waals surface area contributed by atoms with Crippen molar-refractivity contribution in [1.29, 1.82) is 5.26 Å². The minimum Gasteiger partial charge on any atom is -0.481 e. The summed E-state index contributed by atoms with van der Waals surface area (Å²) >= 11 is 6.25. The van der Waals surface area contributed by atoms with Gasteiger partial charge in [0, 0.05) is 30.9 Å². The maximum Gasteiger partial charge on any atom is 0.250 e. The monoisotopic (exact) mass is 543 g/mol. The second-order valence-corrected chi connectivity index (χ2v) is 9.53. The number of halogens is 3. The van der Waals surface area contributed by atoms with E-state index in [9.17, 15) is 24.3 Å². The summed E-state index contributed by atoms with van der Waals surface area (Å²) in [5, 5.41) is 33.3. The number of aliphatic hydroxyl groups is 2. The number of nitrogens with one attached hydrogen (secondary N) is 1. The highest BCUT2D eigenvalue weighted by Crippen LogP contribution is 2.54. The summed E-state index contributed by atoms with van der Waals surface area (Å²) < 4.78 is 38.3. The molecule has 200 valence electrons. The van der Waals surface area contributed by atoms with Crippen LogP contribution in [0.15, 0.2) is 60.7 Å². The zero-order valence-electron chi connectivity index (χ0n) is 20.7. The van der Waals surface area contributed by atoms with Crippen LogP contribution in [0.2, 0.25) is 5.15 Å². The van der Waals surface area contributed by atoms with Crippen molar-refractivity contribution in [3.8, 4) is 17.7 Å². The zero-order chi connectivity index (χ0) is 27.3. The van der Waals surface area contributed by atoms with E-state index in [2.05, 4.69) is 16.4 Å². The zero-order valence-corrected chi connectivity index (χ0v) is 21.4. The molecule has 1 aliphatic rings. The number of methoxy groups -OCH3 is 1. The Hall–Kier alpha value is -3.29. The molecule has 0 aliphatic carbocycles. The van der Waals surface area contributed by atoms with E-state index in [1.54, 1.807) is 30.3 Å². The molecular formula is C28H28ClF2N3O4. The Labute approximate surface area is 224 Å². The van der Waals surface area contributed by atoms with Gasteiger partial charge in [0.25, 0.3) is 6.43 Å². The van der Waals surface area contributed by atoms with Crippen LogP contribution in [-0.2, 0) is 12.0 Å². The number of rotatable bonds is 11. The lowest BCUT2D eigenvalue weighted by atomic mass is 9.67. The van der Waals surface area contributed by atoms with E-state index in [-0.39, 0.29) is 24.0 Å². The van der Waals surface area contributed by atoms with Gasteiger partial charge in [-0.15, -0.1) is 0 Å². The van der Waals surface area contributed by atoms with Crippen molar-refractivity contribution in [3.63, 3.8) is 0 Å². The fourth-order valence-corrected chi connectivity index (χ4v) is 5.42. The number of nitriles is 1. The number of alkyl halides is 2. The summed E-state index contributed by atoms with van der Waals surface area (Å²) in [7, 11) is 1.47. The van der Waals surface area contributed by atoms with Crippen molar-refractivity contribution in [3.05, 3.63) is 88.1 Å². The number of aliphatic hydroxyl groups excluding tert-OH is 2. The minimum atomic E-state index is -2.59. The summed E-state index contributed by atoms with van der Waals surface area (Å²) in [6.07, 6.45) is -3.62. The largest absolute Gasteiger partial charge is 0.481 e. The Morgan fingerprint density at radius 1 is 1.18 bits per heavy atom. The molecule has 1 aromatic heterocycles. The summed E-state index contributed by atoms with van der Waals surface area (Å²) in [4.78, 5) is 4.28. The molecule has 2 aromatic carbocycles. The quantitative estimate of drug-likeness (QED) is 0.313. The first-order valence-corrected chi connectivity index (χ1v) is 12.5. The molecule has 0 amide bonds. The third-order valence-corrected chi connectivity index (χ3v) is 7.08. The number of hydrogen-bond donors (Lipinski definition) is 3. The van der Waals surface area contributed by atoms with Crippen LogP contribution >= 0.6 is 11.6 Å². The van der Waals surface area contributed by atoms with Crippen LogP contribution in [0.1, 0.15) is 28.2 Å². The average molecular weight is 544 g/mol. The van der Waals surface area contributed by atoms with Gasteiger partial charge in [-0.05, 0) is 23.3 Å². The molecule has 0 saturated heterocycles. The molecule has 0 radical (unpaired) electrons. The molecule has 4 atom stereocenters. The Morgan fingerprint density at radius 2 is 1.89 bits per heavy atom. The summed E-state index contributed by atoms with van der Waals surface area (Å²) in [5.74, 6) is -0.699. The lowest BCUT2D eigenvalue weighted by Gasteiger charge is -2.43. The van der Waals surface area contributed by atoms with Gasteiger partial charge >= 0.3 is 0 Å². The van der Waals surface area contributed by atoms with Crippen molar-refractivity contribution in [1.82, 2.24) is 10.3 Å². The van der Waals surface area contributed by atoms with E-state index < -0.39 is 43.1 Å². The Morgan fingerprint density at radius 3 is 2.50 bits per heavy atom. The number of fused-ring (bicyclic) bond motifs is 1. The molecule has 2 heterocycles. The molecule has 0 bridgehead atoms. The predicted octanol–water partition coefficient (Wildman–Crippen LogP) is 4.05. The van der Waals surface area contributed by atoms with E-state index in [1.165, 1.54) is 7.11 Å². The molecule has 3 aromatic rings. The smallest absolute Gasteiger partial charge is 0.250 e. The lowest BCUT2D eigenvalue weighted by Crippen LogP contribution is -2.49. The maximum atomic E-state index is 13.0. The molecule has 0 fully saturated rings. The number of ether oxygens (including phenoxy) is 2. The van der Waals surface area contributed by atoms with Gasteiger partial charge in [-0.1, -0.05) is 54.1 Å². The maximum absolute atomic E-state index is 13.0. The van der Waals surface area contributed by atoms with Gasteiger partial charge in [-0.25, -0.2) is 13.8 Å². The molecule has 7 nitrogen and oxygen atoms in total. The van der Waals surface area contributed by atoms with E-state index in [4.69, 9.17) is 21.1 Å². The molecule has 38 heavy (non-hydrogen) atoms. The molecule has 4 rings (SSSR count). The van der Waals surface area contributed by atoms with Crippen molar-refractivity contribution < 1.29 is 28.5 Å². The molecule has 1 aliphatic heterocycles. The standard InChI is InChI=1S/C28H28ClF2N3O4/c1-37-27-20-12-28(38-23(20)11-24(29)34-27,19-9-7-17(13-32)8-10-19)26(18-5-3-2-4-6-18)21(22(36)16-35)14-33-15-25(30)31/h2-11,21-22,25-26,33,35-36H,12,14-16H2,1H3/t21-,22-,26+,28-/m0/s1. The van der Waals surface area contributed by atoms with Crippen LogP contribution < -0.4 is 14.8 Å². The number of hydrogen-bond acceptors (Lipinski definition) is 7.